The summed E-state index contributed by atoms with van der Waals surface area (Å²) in [6.45, 7) is 2.36. The molecule has 2 aromatic rings. The summed E-state index contributed by atoms with van der Waals surface area (Å²) in [7, 11) is 1.62. The second-order valence-electron chi connectivity index (χ2n) is 4.43. The number of oxazole rings is 1. The van der Waals surface area contributed by atoms with Crippen LogP contribution in [0.2, 0.25) is 5.35 Å². The van der Waals surface area contributed by atoms with Gasteiger partial charge in [0.2, 0.25) is 0 Å². The minimum atomic E-state index is -0.324. The number of hydrogen-bond donors (Lipinski definition) is 0. The van der Waals surface area contributed by atoms with Gasteiger partial charge in [0.15, 0.2) is 5.58 Å². The van der Waals surface area contributed by atoms with Crippen LogP contribution in [0.15, 0.2) is 22.6 Å². The number of carbonyl (C=O) groups excluding carboxylic acids is 2. The Hall–Kier alpha value is -2.08. The van der Waals surface area contributed by atoms with Gasteiger partial charge in [0.25, 0.3) is 11.3 Å². The van der Waals surface area contributed by atoms with Crippen molar-refractivity contribution in [1.82, 2.24) is 9.88 Å². The van der Waals surface area contributed by atoms with Crippen LogP contribution in [0.3, 0.4) is 0 Å². The average molecular weight is 311 g/mol. The van der Waals surface area contributed by atoms with Crippen molar-refractivity contribution < 1.29 is 18.7 Å². The van der Waals surface area contributed by atoms with Gasteiger partial charge in [0.1, 0.15) is 5.52 Å². The first-order chi connectivity index (χ1) is 10.0. The molecule has 0 radical (unpaired) electrons. The number of amides is 1. The molecule has 0 aliphatic rings. The monoisotopic (exact) mass is 310 g/mol. The molecule has 1 aromatic heterocycles. The molecule has 1 aromatic carbocycles. The van der Waals surface area contributed by atoms with Crippen molar-refractivity contribution in [2.75, 3.05) is 20.2 Å². The third-order valence-corrected chi connectivity index (χ3v) is 3.07. The van der Waals surface area contributed by atoms with Gasteiger partial charge < -0.3 is 14.1 Å². The van der Waals surface area contributed by atoms with Crippen molar-refractivity contribution >= 4 is 34.6 Å². The van der Waals surface area contributed by atoms with Crippen molar-refractivity contribution in [3.8, 4) is 0 Å². The van der Waals surface area contributed by atoms with Crippen LogP contribution in [-0.2, 0) is 9.53 Å². The normalized spacial score (nSPS) is 10.6. The number of halogens is 1. The summed E-state index contributed by atoms with van der Waals surface area (Å²) >= 11 is 5.67. The fraction of sp³-hybridized carbons (Fsp3) is 0.357. The van der Waals surface area contributed by atoms with Crippen molar-refractivity contribution in [3.05, 3.63) is 29.1 Å². The van der Waals surface area contributed by atoms with E-state index in [0.717, 1.165) is 0 Å². The summed E-state index contributed by atoms with van der Waals surface area (Å²) < 4.78 is 10.0. The minimum absolute atomic E-state index is 0.0327. The number of benzene rings is 1. The van der Waals surface area contributed by atoms with Crippen molar-refractivity contribution in [2.45, 2.75) is 13.3 Å². The smallest absolute Gasteiger partial charge is 0.307 e. The number of aromatic nitrogens is 1. The first kappa shape index (κ1) is 15.3. The van der Waals surface area contributed by atoms with Crippen molar-refractivity contribution in [2.24, 2.45) is 0 Å². The van der Waals surface area contributed by atoms with Crippen LogP contribution in [0, 0.1) is 0 Å². The molecule has 0 bridgehead atoms. The molecule has 7 heteroatoms. The predicted octanol–water partition coefficient (Wildman–Crippen LogP) is 2.51. The minimum Gasteiger partial charge on any atom is -0.466 e. The van der Waals surface area contributed by atoms with Crippen molar-refractivity contribution in [3.63, 3.8) is 0 Å². The first-order valence-corrected chi connectivity index (χ1v) is 6.86. The highest BCUT2D eigenvalue weighted by molar-refractivity contribution is 6.28. The number of carbonyl (C=O) groups is 2. The maximum absolute atomic E-state index is 12.2. The van der Waals surface area contributed by atoms with Crippen LogP contribution in [0.1, 0.15) is 23.7 Å². The number of ether oxygens (including phenoxy) is 1. The van der Waals surface area contributed by atoms with Gasteiger partial charge in [0.05, 0.1) is 13.0 Å². The molecule has 2 rings (SSSR count). The molecule has 0 fully saturated rings. The Kier molecular flexibility index (Phi) is 4.80. The number of fused-ring (bicyclic) bond motifs is 1. The Balaban J connectivity index is 2.04. The predicted molar refractivity (Wildman–Crippen MR) is 77.2 cm³/mol. The summed E-state index contributed by atoms with van der Waals surface area (Å²) in [4.78, 5) is 28.9. The quantitative estimate of drug-likeness (QED) is 0.793. The summed E-state index contributed by atoms with van der Waals surface area (Å²) in [6.07, 6.45) is 0.159. The lowest BCUT2D eigenvalue weighted by molar-refractivity contribution is -0.143. The topological polar surface area (TPSA) is 72.6 Å². The number of nitrogens with zero attached hydrogens (tertiary/aromatic N) is 2. The third kappa shape index (κ3) is 3.72. The van der Waals surface area contributed by atoms with E-state index in [1.54, 1.807) is 32.2 Å². The summed E-state index contributed by atoms with van der Waals surface area (Å²) in [5, 5.41) is 0.0327. The molecule has 112 valence electrons. The second-order valence-corrected chi connectivity index (χ2v) is 4.75. The van der Waals surface area contributed by atoms with E-state index >= 15 is 0 Å². The zero-order valence-corrected chi connectivity index (χ0v) is 12.5. The third-order valence-electron chi connectivity index (χ3n) is 2.91. The van der Waals surface area contributed by atoms with Crippen LogP contribution in [-0.4, -0.2) is 42.0 Å². The Morgan fingerprint density at radius 3 is 2.90 bits per heavy atom. The lowest BCUT2D eigenvalue weighted by Crippen LogP contribution is -2.29. The molecule has 6 nitrogen and oxygen atoms in total. The number of esters is 1. The summed E-state index contributed by atoms with van der Waals surface area (Å²) in [5.74, 6) is -0.539. The van der Waals surface area contributed by atoms with Crippen LogP contribution >= 0.6 is 11.6 Å². The van der Waals surface area contributed by atoms with E-state index in [4.69, 9.17) is 20.8 Å². The molecule has 1 amide bonds. The fourth-order valence-corrected chi connectivity index (χ4v) is 2.02. The van der Waals surface area contributed by atoms with Crippen molar-refractivity contribution in [1.29, 1.82) is 0 Å². The van der Waals surface area contributed by atoms with Gasteiger partial charge in [-0.2, -0.15) is 4.98 Å². The highest BCUT2D eigenvalue weighted by atomic mass is 35.5. The van der Waals surface area contributed by atoms with E-state index in [9.17, 15) is 9.59 Å². The second kappa shape index (κ2) is 6.58. The van der Waals surface area contributed by atoms with E-state index in [1.165, 1.54) is 4.90 Å². The molecule has 1 heterocycles. The number of hydrogen-bond acceptors (Lipinski definition) is 5. The molecule has 0 unspecified atom stereocenters. The van der Waals surface area contributed by atoms with Gasteiger partial charge in [-0.3, -0.25) is 9.59 Å². The Labute approximate surface area is 126 Å². The van der Waals surface area contributed by atoms with Crippen LogP contribution < -0.4 is 0 Å². The van der Waals surface area contributed by atoms with Gasteiger partial charge in [-0.25, -0.2) is 0 Å². The van der Waals surface area contributed by atoms with E-state index in [-0.39, 0.29) is 30.2 Å². The Morgan fingerprint density at radius 1 is 1.43 bits per heavy atom. The highest BCUT2D eigenvalue weighted by Crippen LogP contribution is 2.20. The Morgan fingerprint density at radius 2 is 2.19 bits per heavy atom. The standard InChI is InChI=1S/C14H15ClN2O4/c1-3-20-12(18)6-7-17(2)13(19)9-4-5-10-11(8-9)21-14(15)16-10/h4-5,8H,3,6-7H2,1-2H3. The van der Waals surface area contributed by atoms with E-state index in [0.29, 0.717) is 23.3 Å². The van der Waals surface area contributed by atoms with E-state index < -0.39 is 0 Å². The van der Waals surface area contributed by atoms with E-state index in [1.807, 2.05) is 0 Å². The molecule has 0 aliphatic carbocycles. The van der Waals surface area contributed by atoms with Crippen LogP contribution in [0.5, 0.6) is 0 Å². The maximum atomic E-state index is 12.2. The molecule has 21 heavy (non-hydrogen) atoms. The van der Waals surface area contributed by atoms with E-state index in [2.05, 4.69) is 4.98 Å². The Bertz CT molecular complexity index is 668. The van der Waals surface area contributed by atoms with Crippen LogP contribution in [0.4, 0.5) is 0 Å². The largest absolute Gasteiger partial charge is 0.466 e. The van der Waals surface area contributed by atoms with Crippen LogP contribution in [0.25, 0.3) is 11.1 Å². The molecule has 0 aliphatic heterocycles. The summed E-state index contributed by atoms with van der Waals surface area (Å²) in [5.41, 5.74) is 1.48. The molecule has 0 saturated carbocycles. The fourth-order valence-electron chi connectivity index (χ4n) is 1.84. The molecular formula is C14H15ClN2O4. The first-order valence-electron chi connectivity index (χ1n) is 6.48. The lowest BCUT2D eigenvalue weighted by Gasteiger charge is -2.16. The highest BCUT2D eigenvalue weighted by Gasteiger charge is 2.15. The average Bonchev–Trinajstić information content (AvgIpc) is 2.83. The zero-order valence-electron chi connectivity index (χ0n) is 11.8. The SMILES string of the molecule is CCOC(=O)CCN(C)C(=O)c1ccc2nc(Cl)oc2c1. The van der Waals surface area contributed by atoms with Gasteiger partial charge in [0, 0.05) is 19.2 Å². The summed E-state index contributed by atoms with van der Waals surface area (Å²) in [6, 6.07) is 4.89. The number of rotatable bonds is 5. The molecular weight excluding hydrogens is 296 g/mol. The van der Waals surface area contributed by atoms with Gasteiger partial charge >= 0.3 is 5.97 Å². The molecule has 0 spiro atoms. The van der Waals surface area contributed by atoms with Gasteiger partial charge in [-0.15, -0.1) is 0 Å². The van der Waals surface area contributed by atoms with Gasteiger partial charge in [-0.05, 0) is 36.7 Å². The maximum Gasteiger partial charge on any atom is 0.307 e. The molecule has 0 saturated heterocycles. The lowest BCUT2D eigenvalue weighted by atomic mass is 10.2. The zero-order chi connectivity index (χ0) is 15.4. The van der Waals surface area contributed by atoms with Gasteiger partial charge in [-0.1, -0.05) is 0 Å². The molecule has 0 atom stereocenters. The molecule has 0 N–H and O–H groups in total.